The SMILES string of the molecule is CNC1CCN(c2cc3c(cc2F)c(=O)c(C(=O)O)cn3-c2ccc(F)cc2)C1. The van der Waals surface area contributed by atoms with E-state index in [2.05, 4.69) is 5.32 Å². The summed E-state index contributed by atoms with van der Waals surface area (Å²) < 4.78 is 29.7. The summed E-state index contributed by atoms with van der Waals surface area (Å²) in [5, 5.41) is 12.5. The van der Waals surface area contributed by atoms with Crippen LogP contribution in [0.1, 0.15) is 16.8 Å². The van der Waals surface area contributed by atoms with Crippen molar-refractivity contribution in [3.05, 3.63) is 70.0 Å². The van der Waals surface area contributed by atoms with E-state index in [0.717, 1.165) is 12.5 Å². The van der Waals surface area contributed by atoms with Gasteiger partial charge in [-0.25, -0.2) is 13.6 Å². The Bertz CT molecular complexity index is 1160. The lowest BCUT2D eigenvalue weighted by molar-refractivity contribution is 0.0695. The normalized spacial score (nSPS) is 16.5. The van der Waals surface area contributed by atoms with E-state index in [1.165, 1.54) is 35.0 Å². The van der Waals surface area contributed by atoms with Crippen molar-refractivity contribution in [1.29, 1.82) is 0 Å². The summed E-state index contributed by atoms with van der Waals surface area (Å²) in [6.45, 7) is 1.27. The van der Waals surface area contributed by atoms with Crippen molar-refractivity contribution in [3.63, 3.8) is 0 Å². The standard InChI is InChI=1S/C21H19F2N3O3/c1-24-13-6-7-25(10-13)19-9-18-15(8-17(19)23)20(27)16(21(28)29)11-26(18)14-4-2-12(22)3-5-14/h2-5,8-9,11,13,24H,6-7,10H2,1H3,(H,28,29). The van der Waals surface area contributed by atoms with Gasteiger partial charge in [0.05, 0.1) is 11.2 Å². The lowest BCUT2D eigenvalue weighted by Crippen LogP contribution is -2.30. The van der Waals surface area contributed by atoms with Gasteiger partial charge in [0, 0.05) is 36.4 Å². The number of hydrogen-bond acceptors (Lipinski definition) is 4. The fourth-order valence-corrected chi connectivity index (χ4v) is 3.76. The molecule has 0 aliphatic carbocycles. The van der Waals surface area contributed by atoms with Gasteiger partial charge in [0.15, 0.2) is 0 Å². The van der Waals surface area contributed by atoms with Crippen LogP contribution in [0.2, 0.25) is 0 Å². The number of carbonyl (C=O) groups is 1. The number of benzene rings is 2. The molecule has 4 rings (SSSR count). The number of nitrogens with zero attached hydrogens (tertiary/aromatic N) is 2. The number of carboxylic acids is 1. The number of rotatable bonds is 4. The molecule has 1 saturated heterocycles. The molecule has 6 nitrogen and oxygen atoms in total. The fourth-order valence-electron chi connectivity index (χ4n) is 3.76. The molecule has 150 valence electrons. The lowest BCUT2D eigenvalue weighted by Gasteiger charge is -2.21. The van der Waals surface area contributed by atoms with Gasteiger partial charge in [0.1, 0.15) is 17.2 Å². The quantitative estimate of drug-likeness (QED) is 0.706. The second-order valence-electron chi connectivity index (χ2n) is 7.06. The van der Waals surface area contributed by atoms with Crippen molar-refractivity contribution in [3.8, 4) is 5.69 Å². The third-order valence-corrected chi connectivity index (χ3v) is 5.34. The predicted octanol–water partition coefficient (Wildman–Crippen LogP) is 2.77. The summed E-state index contributed by atoms with van der Waals surface area (Å²) in [7, 11) is 1.85. The molecule has 0 radical (unpaired) electrons. The van der Waals surface area contributed by atoms with Gasteiger partial charge in [0.25, 0.3) is 0 Å². The van der Waals surface area contributed by atoms with Crippen molar-refractivity contribution in [2.45, 2.75) is 12.5 Å². The van der Waals surface area contributed by atoms with Gasteiger partial charge < -0.3 is 19.9 Å². The van der Waals surface area contributed by atoms with Crippen LogP contribution < -0.4 is 15.6 Å². The molecule has 0 amide bonds. The fraction of sp³-hybridized carbons (Fsp3) is 0.238. The first-order valence-corrected chi connectivity index (χ1v) is 9.19. The third-order valence-electron chi connectivity index (χ3n) is 5.34. The molecule has 8 heteroatoms. The van der Waals surface area contributed by atoms with Gasteiger partial charge in [-0.15, -0.1) is 0 Å². The minimum Gasteiger partial charge on any atom is -0.477 e. The number of nitrogens with one attached hydrogen (secondary N) is 1. The van der Waals surface area contributed by atoms with Gasteiger partial charge >= 0.3 is 5.97 Å². The summed E-state index contributed by atoms with van der Waals surface area (Å²) in [5.41, 5.74) is -0.0771. The van der Waals surface area contributed by atoms with Gasteiger partial charge in [0.2, 0.25) is 5.43 Å². The van der Waals surface area contributed by atoms with E-state index < -0.39 is 28.6 Å². The average molecular weight is 399 g/mol. The highest BCUT2D eigenvalue weighted by Gasteiger charge is 2.25. The number of aromatic nitrogens is 1. The van der Waals surface area contributed by atoms with Crippen LogP contribution in [0.4, 0.5) is 14.5 Å². The molecule has 2 N–H and O–H groups in total. The van der Waals surface area contributed by atoms with Crippen molar-refractivity contribution in [2.24, 2.45) is 0 Å². The molecule has 29 heavy (non-hydrogen) atoms. The monoisotopic (exact) mass is 399 g/mol. The minimum absolute atomic E-state index is 0.0418. The zero-order valence-corrected chi connectivity index (χ0v) is 15.7. The smallest absolute Gasteiger partial charge is 0.341 e. The Balaban J connectivity index is 1.97. The molecule has 0 bridgehead atoms. The van der Waals surface area contributed by atoms with E-state index >= 15 is 0 Å². The molecule has 1 unspecified atom stereocenters. The highest BCUT2D eigenvalue weighted by atomic mass is 19.1. The second-order valence-corrected chi connectivity index (χ2v) is 7.06. The molecular formula is C21H19F2N3O3. The molecule has 0 spiro atoms. The number of halogens is 2. The zero-order chi connectivity index (χ0) is 20.7. The van der Waals surface area contributed by atoms with E-state index in [1.807, 2.05) is 11.9 Å². The molecular weight excluding hydrogens is 380 g/mol. The van der Waals surface area contributed by atoms with E-state index in [4.69, 9.17) is 0 Å². The van der Waals surface area contributed by atoms with Crippen LogP contribution in [0.3, 0.4) is 0 Å². The largest absolute Gasteiger partial charge is 0.477 e. The van der Waals surface area contributed by atoms with Crippen LogP contribution in [0.25, 0.3) is 16.6 Å². The maximum atomic E-state index is 14.9. The summed E-state index contributed by atoms with van der Waals surface area (Å²) in [6, 6.07) is 8.30. The van der Waals surface area contributed by atoms with Crippen LogP contribution in [0, 0.1) is 11.6 Å². The summed E-state index contributed by atoms with van der Waals surface area (Å²) in [6.07, 6.45) is 2.05. The topological polar surface area (TPSA) is 74.6 Å². The average Bonchev–Trinajstić information content (AvgIpc) is 3.18. The predicted molar refractivity (Wildman–Crippen MR) is 106 cm³/mol. The van der Waals surface area contributed by atoms with E-state index in [0.29, 0.717) is 30.0 Å². The first kappa shape index (κ1) is 19.1. The second kappa shape index (κ2) is 7.29. The minimum atomic E-state index is -1.41. The molecule has 1 aromatic heterocycles. The lowest BCUT2D eigenvalue weighted by atomic mass is 10.1. The maximum absolute atomic E-state index is 14.9. The van der Waals surface area contributed by atoms with Crippen molar-refractivity contribution in [1.82, 2.24) is 9.88 Å². The van der Waals surface area contributed by atoms with Gasteiger partial charge in [-0.2, -0.15) is 0 Å². The molecule has 1 atom stereocenters. The van der Waals surface area contributed by atoms with Crippen molar-refractivity contribution in [2.75, 3.05) is 25.0 Å². The zero-order valence-electron chi connectivity index (χ0n) is 15.7. The molecule has 2 heterocycles. The number of aromatic carboxylic acids is 1. The Morgan fingerprint density at radius 1 is 1.21 bits per heavy atom. The molecule has 1 aliphatic heterocycles. The first-order chi connectivity index (χ1) is 13.9. The highest BCUT2D eigenvalue weighted by Crippen LogP contribution is 2.29. The summed E-state index contributed by atoms with van der Waals surface area (Å²) in [5.74, 6) is -2.44. The Labute approximate surface area is 165 Å². The molecule has 2 aromatic carbocycles. The number of likely N-dealkylation sites (N-methyl/N-ethyl adjacent to an activating group) is 1. The number of anilines is 1. The highest BCUT2D eigenvalue weighted by molar-refractivity contribution is 5.94. The van der Waals surface area contributed by atoms with E-state index in [9.17, 15) is 23.5 Å². The van der Waals surface area contributed by atoms with Gasteiger partial charge in [-0.1, -0.05) is 0 Å². The summed E-state index contributed by atoms with van der Waals surface area (Å²) in [4.78, 5) is 26.1. The number of carboxylic acid groups (broad SMARTS) is 1. The van der Waals surface area contributed by atoms with Gasteiger partial charge in [-0.05, 0) is 49.9 Å². The molecule has 3 aromatic rings. The number of fused-ring (bicyclic) bond motifs is 1. The Morgan fingerprint density at radius 3 is 2.55 bits per heavy atom. The molecule has 0 saturated carbocycles. The number of hydrogen-bond donors (Lipinski definition) is 2. The Morgan fingerprint density at radius 2 is 1.93 bits per heavy atom. The number of pyridine rings is 1. The Hall–Kier alpha value is -3.26. The van der Waals surface area contributed by atoms with E-state index in [1.54, 1.807) is 6.07 Å². The van der Waals surface area contributed by atoms with Crippen molar-refractivity contribution < 1.29 is 18.7 Å². The maximum Gasteiger partial charge on any atom is 0.341 e. The molecule has 1 aliphatic rings. The van der Waals surface area contributed by atoms with Crippen LogP contribution in [0.15, 0.2) is 47.4 Å². The van der Waals surface area contributed by atoms with Gasteiger partial charge in [-0.3, -0.25) is 4.79 Å². The first-order valence-electron chi connectivity index (χ1n) is 9.19. The summed E-state index contributed by atoms with van der Waals surface area (Å²) >= 11 is 0. The van der Waals surface area contributed by atoms with Crippen LogP contribution in [0.5, 0.6) is 0 Å². The molecule has 1 fully saturated rings. The Kier molecular flexibility index (Phi) is 4.79. The van der Waals surface area contributed by atoms with Crippen LogP contribution in [-0.4, -0.2) is 41.8 Å². The third kappa shape index (κ3) is 3.36. The van der Waals surface area contributed by atoms with Crippen molar-refractivity contribution >= 4 is 22.6 Å². The van der Waals surface area contributed by atoms with Crippen LogP contribution in [-0.2, 0) is 0 Å². The van der Waals surface area contributed by atoms with E-state index in [-0.39, 0.29) is 11.4 Å². The van der Waals surface area contributed by atoms with Crippen LogP contribution >= 0.6 is 0 Å².